The first-order valence-electron chi connectivity index (χ1n) is 3.39. The maximum Gasteiger partial charge on any atom is 0.216 e. The number of nitrogens with two attached hydrogens (primary N) is 1. The van der Waals surface area contributed by atoms with Gasteiger partial charge in [-0.25, -0.2) is 4.98 Å². The number of nitrogens with zero attached hydrogens (tertiary/aromatic N) is 1. The fraction of sp³-hybridized carbons (Fsp3) is 0.571. The van der Waals surface area contributed by atoms with Crippen molar-refractivity contribution in [3.63, 3.8) is 0 Å². The van der Waals surface area contributed by atoms with Gasteiger partial charge in [-0.2, -0.15) is 0 Å². The summed E-state index contributed by atoms with van der Waals surface area (Å²) in [5, 5.41) is 8.83. The average Bonchev–Trinajstić information content (AvgIpc) is 2.36. The van der Waals surface area contributed by atoms with Crippen LogP contribution in [0, 0.1) is 6.92 Å². The Hall–Kier alpha value is -0.870. The molecule has 0 aliphatic rings. The zero-order chi connectivity index (χ0) is 8.48. The molecular weight excluding hydrogens is 144 g/mol. The Bertz CT molecular complexity index is 242. The second-order valence-electron chi connectivity index (χ2n) is 2.85. The second-order valence-corrected chi connectivity index (χ2v) is 2.85. The minimum Gasteiger partial charge on any atom is -0.444 e. The Labute approximate surface area is 65.0 Å². The van der Waals surface area contributed by atoms with Crippen molar-refractivity contribution in [3.8, 4) is 0 Å². The summed E-state index contributed by atoms with van der Waals surface area (Å²) in [7, 11) is 0. The van der Waals surface area contributed by atoms with E-state index in [2.05, 4.69) is 4.98 Å². The van der Waals surface area contributed by atoms with Gasteiger partial charge >= 0.3 is 0 Å². The van der Waals surface area contributed by atoms with Gasteiger partial charge in [0, 0.05) is 0 Å². The van der Waals surface area contributed by atoms with E-state index in [0.717, 1.165) is 0 Å². The zero-order valence-electron chi connectivity index (χ0n) is 6.66. The number of aromatic nitrogens is 1. The number of aryl methyl sites for hydroxylation is 1. The van der Waals surface area contributed by atoms with Crippen LogP contribution in [0.3, 0.4) is 0 Å². The second kappa shape index (κ2) is 2.64. The van der Waals surface area contributed by atoms with E-state index in [9.17, 15) is 0 Å². The van der Waals surface area contributed by atoms with Crippen molar-refractivity contribution < 1.29 is 9.52 Å². The molecule has 1 unspecified atom stereocenters. The predicted molar refractivity (Wildman–Crippen MR) is 39.9 cm³/mol. The molecule has 3 N–H and O–H groups in total. The lowest BCUT2D eigenvalue weighted by molar-refractivity contribution is 0.182. The van der Waals surface area contributed by atoms with E-state index in [4.69, 9.17) is 15.3 Å². The van der Waals surface area contributed by atoms with Gasteiger partial charge in [-0.05, 0) is 13.8 Å². The highest BCUT2D eigenvalue weighted by Gasteiger charge is 2.25. The van der Waals surface area contributed by atoms with Crippen molar-refractivity contribution in [2.24, 2.45) is 5.73 Å². The minimum atomic E-state index is -0.867. The van der Waals surface area contributed by atoms with Crippen LogP contribution >= 0.6 is 0 Å². The zero-order valence-corrected chi connectivity index (χ0v) is 6.66. The van der Waals surface area contributed by atoms with E-state index in [1.54, 1.807) is 20.0 Å². The number of hydrogen-bond donors (Lipinski definition) is 2. The van der Waals surface area contributed by atoms with Gasteiger partial charge in [-0.3, -0.25) is 0 Å². The summed E-state index contributed by atoms with van der Waals surface area (Å²) in [5.41, 5.74) is 4.78. The van der Waals surface area contributed by atoms with Gasteiger partial charge in [0.25, 0.3) is 0 Å². The number of aliphatic hydroxyl groups is 1. The Balaban J connectivity index is 2.92. The summed E-state index contributed by atoms with van der Waals surface area (Å²) in [5.74, 6) is 1.07. The average molecular weight is 156 g/mol. The largest absolute Gasteiger partial charge is 0.444 e. The van der Waals surface area contributed by atoms with E-state index < -0.39 is 5.54 Å². The molecule has 4 heteroatoms. The minimum absolute atomic E-state index is 0.174. The van der Waals surface area contributed by atoms with Gasteiger partial charge < -0.3 is 15.3 Å². The molecule has 0 aromatic carbocycles. The third-order valence-electron chi connectivity index (χ3n) is 1.44. The number of rotatable bonds is 2. The molecule has 0 spiro atoms. The first kappa shape index (κ1) is 8.23. The van der Waals surface area contributed by atoms with Crippen LogP contribution < -0.4 is 5.73 Å². The molecule has 1 aromatic heterocycles. The molecule has 62 valence electrons. The quantitative estimate of drug-likeness (QED) is 0.639. The van der Waals surface area contributed by atoms with Crippen LogP contribution in [0.4, 0.5) is 0 Å². The molecule has 0 radical (unpaired) electrons. The monoisotopic (exact) mass is 156 g/mol. The lowest BCUT2D eigenvalue weighted by Gasteiger charge is -2.16. The molecule has 1 atom stereocenters. The molecule has 0 aliphatic heterocycles. The molecule has 0 bridgehead atoms. The van der Waals surface area contributed by atoms with Crippen LogP contribution in [0.25, 0.3) is 0 Å². The molecule has 0 aliphatic carbocycles. The first-order valence-corrected chi connectivity index (χ1v) is 3.39. The maximum absolute atomic E-state index is 8.83. The number of hydrogen-bond acceptors (Lipinski definition) is 4. The van der Waals surface area contributed by atoms with E-state index in [1.165, 1.54) is 0 Å². The van der Waals surface area contributed by atoms with E-state index in [0.29, 0.717) is 11.7 Å². The summed E-state index contributed by atoms with van der Waals surface area (Å²) >= 11 is 0. The van der Waals surface area contributed by atoms with Gasteiger partial charge in [-0.15, -0.1) is 0 Å². The van der Waals surface area contributed by atoms with Crippen LogP contribution in [0.15, 0.2) is 10.6 Å². The predicted octanol–water partition coefficient (Wildman–Crippen LogP) is 0.149. The van der Waals surface area contributed by atoms with Crippen molar-refractivity contribution in [2.45, 2.75) is 19.4 Å². The van der Waals surface area contributed by atoms with Crippen LogP contribution in [-0.4, -0.2) is 16.7 Å². The third kappa shape index (κ3) is 1.58. The SMILES string of the molecule is Cc1cnc(C(C)(N)CO)o1. The highest BCUT2D eigenvalue weighted by atomic mass is 16.4. The van der Waals surface area contributed by atoms with E-state index >= 15 is 0 Å². The molecule has 1 aromatic rings. The topological polar surface area (TPSA) is 72.3 Å². The van der Waals surface area contributed by atoms with Crippen molar-refractivity contribution in [2.75, 3.05) is 6.61 Å². The number of oxazole rings is 1. The lowest BCUT2D eigenvalue weighted by atomic mass is 10.1. The Morgan fingerprint density at radius 3 is 2.82 bits per heavy atom. The van der Waals surface area contributed by atoms with E-state index in [1.807, 2.05) is 0 Å². The molecule has 11 heavy (non-hydrogen) atoms. The smallest absolute Gasteiger partial charge is 0.216 e. The molecule has 0 fully saturated rings. The van der Waals surface area contributed by atoms with Gasteiger partial charge in [-0.1, -0.05) is 0 Å². The summed E-state index contributed by atoms with van der Waals surface area (Å²) in [6, 6.07) is 0. The summed E-state index contributed by atoms with van der Waals surface area (Å²) < 4.78 is 5.14. The Morgan fingerprint density at radius 2 is 2.45 bits per heavy atom. The van der Waals surface area contributed by atoms with Crippen molar-refractivity contribution in [1.29, 1.82) is 0 Å². The van der Waals surface area contributed by atoms with Gasteiger partial charge in [0.1, 0.15) is 11.3 Å². The van der Waals surface area contributed by atoms with Crippen LogP contribution in [0.2, 0.25) is 0 Å². The van der Waals surface area contributed by atoms with Crippen molar-refractivity contribution >= 4 is 0 Å². The highest BCUT2D eigenvalue weighted by molar-refractivity contribution is 5.01. The lowest BCUT2D eigenvalue weighted by Crippen LogP contribution is -2.37. The van der Waals surface area contributed by atoms with Crippen LogP contribution in [0.1, 0.15) is 18.6 Å². The summed E-state index contributed by atoms with van der Waals surface area (Å²) in [4.78, 5) is 3.91. The Kier molecular flexibility index (Phi) is 1.97. The van der Waals surface area contributed by atoms with Crippen molar-refractivity contribution in [1.82, 2.24) is 4.98 Å². The highest BCUT2D eigenvalue weighted by Crippen LogP contribution is 2.15. The van der Waals surface area contributed by atoms with Gasteiger partial charge in [0.2, 0.25) is 5.89 Å². The van der Waals surface area contributed by atoms with Crippen molar-refractivity contribution in [3.05, 3.63) is 17.8 Å². The molecule has 1 rings (SSSR count). The normalized spacial score (nSPS) is 16.4. The van der Waals surface area contributed by atoms with Crippen LogP contribution in [-0.2, 0) is 5.54 Å². The Morgan fingerprint density at radius 1 is 1.82 bits per heavy atom. The van der Waals surface area contributed by atoms with E-state index in [-0.39, 0.29) is 6.61 Å². The molecule has 0 saturated heterocycles. The molecule has 4 nitrogen and oxygen atoms in total. The standard InChI is InChI=1S/C7H12N2O2/c1-5-3-9-6(11-5)7(2,8)4-10/h3,10H,4,8H2,1-2H3. The fourth-order valence-electron chi connectivity index (χ4n) is 0.686. The molecular formula is C7H12N2O2. The molecule has 1 heterocycles. The fourth-order valence-corrected chi connectivity index (χ4v) is 0.686. The number of aliphatic hydroxyl groups excluding tert-OH is 1. The maximum atomic E-state index is 8.83. The van der Waals surface area contributed by atoms with Gasteiger partial charge in [0.15, 0.2) is 0 Å². The third-order valence-corrected chi connectivity index (χ3v) is 1.44. The van der Waals surface area contributed by atoms with Crippen LogP contribution in [0.5, 0.6) is 0 Å². The molecule has 0 saturated carbocycles. The first-order chi connectivity index (χ1) is 5.06. The summed E-state index contributed by atoms with van der Waals surface area (Å²) in [6.07, 6.45) is 1.58. The van der Waals surface area contributed by atoms with Gasteiger partial charge in [0.05, 0.1) is 12.8 Å². The molecule has 0 amide bonds. The summed E-state index contributed by atoms with van der Waals surface area (Å²) in [6.45, 7) is 3.27.